The first-order valence-corrected chi connectivity index (χ1v) is 55.6. The normalized spacial score (nSPS) is 18.5. The molecule has 0 spiro atoms. The van der Waals surface area contributed by atoms with Crippen molar-refractivity contribution in [3.63, 3.8) is 0 Å². The van der Waals surface area contributed by atoms with Crippen LogP contribution in [-0.4, -0.2) is 325 Å². The van der Waals surface area contributed by atoms with Crippen molar-refractivity contribution in [1.29, 1.82) is 21.2 Å². The first kappa shape index (κ1) is 134. The van der Waals surface area contributed by atoms with E-state index in [-0.39, 0.29) is 39.3 Å². The molecular formula is C108H211N25O8S2. The molecule has 8 aliphatic heterocycles. The largest absolute Gasteiger partial charge is 0.383 e. The molecule has 33 nitrogen and oxygen atoms in total. The smallest absolute Gasteiger partial charge is 0.318 e. The molecule has 0 radical (unpaired) electrons. The van der Waals surface area contributed by atoms with Crippen molar-refractivity contribution in [2.45, 2.75) is 326 Å². The highest BCUT2D eigenvalue weighted by atomic mass is 32.2. The molecular weight excluding hydrogens is 1840 g/mol. The number of piperidine rings is 5. The summed E-state index contributed by atoms with van der Waals surface area (Å²) in [6.45, 7) is 91.6. The molecule has 828 valence electrons. The second kappa shape index (κ2) is 68.7. The zero-order chi connectivity index (χ0) is 108. The number of carbonyl (C=O) groups is 3. The number of thioether (sulfide) groups is 2. The molecule has 0 aromatic heterocycles. The van der Waals surface area contributed by atoms with Crippen molar-refractivity contribution in [2.24, 2.45) is 121 Å². The summed E-state index contributed by atoms with van der Waals surface area (Å²) in [6, 6.07) is -0.567. The van der Waals surface area contributed by atoms with Crippen molar-refractivity contribution in [1.82, 2.24) is 60.5 Å². The summed E-state index contributed by atoms with van der Waals surface area (Å²) in [4.78, 5) is 72.9. The highest BCUT2D eigenvalue weighted by Crippen LogP contribution is 2.43. The Labute approximate surface area is 879 Å². The highest BCUT2D eigenvalue weighted by Gasteiger charge is 2.37. The Balaban J connectivity index is 0.000000823. The maximum Gasteiger partial charge on any atom is 0.318 e. The number of amides is 4. The number of nitrogens with one attached hydrogen (secondary N) is 5. The minimum atomic E-state index is -0.567. The standard InChI is InChI=1S/C18H33N5O.C15H30N4O2.C15H28N4O.C15H28N4.C13H25NO2S.C13H27NOS.C11H23N3.C8H17N3O/c1-18(2,3)14-16-4-7-23(8-5-16)17(21-15-19)20-6-9-22-10-12-24-13-11-22;1-15(2,3)11-12-5-8-19(9-6-12)14(18-13(16)20)17-7-10-21-4;1-15(2,3)11-13-5-8-19(9-6-13)14(18-12-16)17-7-10-20-4;1-5-8-17-14(18-12-16)19-9-6-13(7-10-19)11-15(2,3)4;1-12(2,3)13(4,5)17-10-11(15)14-6-8-16-9-7-14;1-12(2,3)13(4,5)16-11-8-14-6-9-15-10-7-14;1-11(2,3)8-9-4-6-14(7-5-9)10(12)13;1-8(2,3)5-4-6(12)11-7(9)10/h16H,4-14H2,1-3H3,(H,20,21);12H,5-11H2,1-4H3,(H3,16,17,18,20);13H,5-11H2,1-4H3,(H,17,18);13H,5-11H2,1-4H3,(H,17,18);6-10H2,1-5H3;6-11H2,1-5H3;9H,4-8H2,1-3H3,(H3,12,13);4-5H2,1-3H3,(H4,9,10,11,12). The van der Waals surface area contributed by atoms with Crippen LogP contribution in [0.2, 0.25) is 0 Å². The molecule has 0 aromatic carbocycles. The summed E-state index contributed by atoms with van der Waals surface area (Å²) in [6.07, 6.45) is 26.4. The van der Waals surface area contributed by atoms with Crippen molar-refractivity contribution in [3.8, 4) is 18.6 Å². The van der Waals surface area contributed by atoms with Crippen molar-refractivity contribution < 1.29 is 38.1 Å². The monoisotopic (exact) mass is 2050 g/mol. The summed E-state index contributed by atoms with van der Waals surface area (Å²) in [5, 5.41) is 44.8. The second-order valence-corrected chi connectivity index (χ2v) is 53.2. The number of hydrogen-bond donors (Lipinski definition) is 9. The Hall–Kier alpha value is -6.88. The Kier molecular flexibility index (Phi) is 64.4. The van der Waals surface area contributed by atoms with Gasteiger partial charge in [0.05, 0.1) is 78.2 Å². The van der Waals surface area contributed by atoms with E-state index >= 15 is 0 Å². The van der Waals surface area contributed by atoms with Gasteiger partial charge in [-0.05, 0) is 182 Å². The van der Waals surface area contributed by atoms with Crippen LogP contribution in [0.4, 0.5) is 4.79 Å². The summed E-state index contributed by atoms with van der Waals surface area (Å²) >= 11 is 3.85. The molecule has 13 N–H and O–H groups in total. The number of nitriles is 3. The van der Waals surface area contributed by atoms with E-state index in [4.69, 9.17) is 67.8 Å². The van der Waals surface area contributed by atoms with E-state index in [2.05, 4.69) is 288 Å². The maximum absolute atomic E-state index is 12.0. The summed E-state index contributed by atoms with van der Waals surface area (Å²) in [5.41, 5.74) is 23.5. The number of morpholine rings is 3. The van der Waals surface area contributed by atoms with Crippen LogP contribution in [0.1, 0.15) is 316 Å². The molecule has 0 saturated carbocycles. The van der Waals surface area contributed by atoms with Gasteiger partial charge in [-0.2, -0.15) is 32.5 Å². The zero-order valence-electron chi connectivity index (χ0n) is 96.3. The Morgan fingerprint density at radius 3 is 0.972 bits per heavy atom. The number of rotatable bonds is 25. The number of guanidine groups is 6. The molecule has 0 bridgehead atoms. The number of nitrogens with zero attached hydrogens (tertiary/aromatic N) is 16. The minimum Gasteiger partial charge on any atom is -0.383 e. The summed E-state index contributed by atoms with van der Waals surface area (Å²) in [5.74, 6) is 8.62. The third-order valence-electron chi connectivity index (χ3n) is 27.1. The number of aliphatic imine (C=N–C) groups is 5. The lowest BCUT2D eigenvalue weighted by molar-refractivity contribution is -0.132. The summed E-state index contributed by atoms with van der Waals surface area (Å²) in [7, 11) is 3.29. The van der Waals surface area contributed by atoms with Crippen LogP contribution < -0.4 is 44.2 Å². The number of hydrogen-bond acceptors (Lipinski definition) is 20. The molecule has 0 aliphatic carbocycles. The number of ether oxygens (including phenoxy) is 5. The Morgan fingerprint density at radius 2 is 0.685 bits per heavy atom. The highest BCUT2D eigenvalue weighted by molar-refractivity contribution is 8.01. The average Bonchev–Trinajstić information content (AvgIpc) is 0.839. The van der Waals surface area contributed by atoms with Crippen molar-refractivity contribution in [3.05, 3.63) is 0 Å². The van der Waals surface area contributed by atoms with Crippen molar-refractivity contribution >= 4 is 77.1 Å². The van der Waals surface area contributed by atoms with E-state index in [1.165, 1.54) is 95.8 Å². The lowest BCUT2D eigenvalue weighted by Crippen LogP contribution is -2.49. The number of methoxy groups -OCH3 is 2. The van der Waals surface area contributed by atoms with E-state index in [0.29, 0.717) is 101 Å². The molecule has 35 heteroatoms. The lowest BCUT2D eigenvalue weighted by atomic mass is 9.80. The van der Waals surface area contributed by atoms with Crippen LogP contribution >= 0.6 is 23.5 Å². The van der Waals surface area contributed by atoms with E-state index in [0.717, 1.165) is 218 Å². The second-order valence-electron chi connectivity index (χ2n) is 49.9. The van der Waals surface area contributed by atoms with E-state index in [1.807, 2.05) is 28.4 Å². The molecule has 8 rings (SSSR count). The van der Waals surface area contributed by atoms with Crippen molar-refractivity contribution in [2.75, 3.05) is 223 Å². The van der Waals surface area contributed by atoms with E-state index < -0.39 is 6.03 Å². The predicted octanol–water partition coefficient (Wildman–Crippen LogP) is 16.8. The van der Waals surface area contributed by atoms with Crippen LogP contribution in [0, 0.1) is 113 Å². The minimum absolute atomic E-state index is 0.106. The lowest BCUT2D eigenvalue weighted by Gasteiger charge is -2.39. The molecule has 8 heterocycles. The Bertz CT molecular complexity index is 3760. The van der Waals surface area contributed by atoms with Gasteiger partial charge in [-0.1, -0.05) is 201 Å². The SMILES string of the molecule is CC(C)(C)C(C)(C)SCC(=O)N1CCOCC1.CC(C)(C)C(C)(C)SCCN1CCOCC1.CC(C)(C)CC1CCN(C(=N)N)CC1.CC(C)(C)CC1CCN(C(=NCCN2CCOCC2)NC#N)CC1.CC(C)(C)CCC(=O)N=C(N)N.CCCN=C(NC#N)N1CCC(CC(C)(C)C)CC1.COCCN=C(NC#N)N1CCC(CC(C)(C)C)CC1.COCCN=C(NC(N)=O)N1CCC(CC(C)(C)C)CC1. The van der Waals surface area contributed by atoms with Crippen LogP contribution in [0.25, 0.3) is 0 Å². The fraction of sp³-hybridized carbons (Fsp3) is 0.889. The van der Waals surface area contributed by atoms with Crippen LogP contribution in [0.5, 0.6) is 0 Å². The van der Waals surface area contributed by atoms with Gasteiger partial charge >= 0.3 is 6.03 Å². The summed E-state index contributed by atoms with van der Waals surface area (Å²) < 4.78 is 26.4. The first-order valence-electron chi connectivity index (χ1n) is 53.6. The molecule has 8 fully saturated rings. The fourth-order valence-corrected chi connectivity index (χ4v) is 20.0. The predicted molar refractivity (Wildman–Crippen MR) is 599 cm³/mol. The number of primary amides is 1. The molecule has 0 unspecified atom stereocenters. The Morgan fingerprint density at radius 1 is 0.392 bits per heavy atom. The van der Waals surface area contributed by atoms with Crippen LogP contribution in [0.15, 0.2) is 25.0 Å². The molecule has 143 heavy (non-hydrogen) atoms. The topological polar surface area (TPSA) is 433 Å². The quantitative estimate of drug-likeness (QED) is 0.0135. The third kappa shape index (κ3) is 66.2. The molecule has 8 saturated heterocycles. The number of nitrogens with two attached hydrogens (primary N) is 4. The van der Waals surface area contributed by atoms with Gasteiger partial charge in [0.15, 0.2) is 30.5 Å². The van der Waals surface area contributed by atoms with Gasteiger partial charge in [0.25, 0.3) is 0 Å². The van der Waals surface area contributed by atoms with Crippen LogP contribution in [-0.2, 0) is 33.3 Å². The van der Waals surface area contributed by atoms with E-state index in [1.54, 1.807) is 26.0 Å². The van der Waals surface area contributed by atoms with Gasteiger partial charge in [-0.15, -0.1) is 11.8 Å². The fourth-order valence-electron chi connectivity index (χ4n) is 17.6. The van der Waals surface area contributed by atoms with Gasteiger partial charge in [0, 0.05) is 160 Å². The van der Waals surface area contributed by atoms with Gasteiger partial charge in [0.1, 0.15) is 0 Å². The maximum atomic E-state index is 12.0. The van der Waals surface area contributed by atoms with Gasteiger partial charge in [-0.3, -0.25) is 61.0 Å². The number of likely N-dealkylation sites (tertiary alicyclic amines) is 5. The third-order valence-corrected chi connectivity index (χ3v) is 30.5. The number of urea groups is 1. The molecule has 4 amide bonds. The molecule has 0 atom stereocenters. The first-order chi connectivity index (χ1) is 66.5. The van der Waals surface area contributed by atoms with Gasteiger partial charge in [-0.25, -0.2) is 9.79 Å². The zero-order valence-corrected chi connectivity index (χ0v) is 97.9. The van der Waals surface area contributed by atoms with Gasteiger partial charge in [0.2, 0.25) is 35.7 Å². The van der Waals surface area contributed by atoms with Gasteiger partial charge < -0.3 is 76.0 Å². The molecule has 0 aromatic rings. The number of carbonyl (C=O) groups excluding carboxylic acids is 3. The van der Waals surface area contributed by atoms with E-state index in [9.17, 15) is 14.4 Å². The van der Waals surface area contributed by atoms with Crippen LogP contribution in [0.3, 0.4) is 0 Å². The molecule has 8 aliphatic rings. The average molecular weight is 2050 g/mol.